The maximum Gasteiger partial charge on any atom is 0.305 e. The molecule has 21 heavy (non-hydrogen) atoms. The Morgan fingerprint density at radius 3 is 2.90 bits per heavy atom. The SMILES string of the molecule is CCC1COC(C)CN1C(=O)c1ccc(F)c([N+](=O)[O-])c1. The Balaban J connectivity index is 2.30. The van der Waals surface area contributed by atoms with Crippen molar-refractivity contribution in [3.8, 4) is 0 Å². The van der Waals surface area contributed by atoms with E-state index in [1.54, 1.807) is 4.90 Å². The van der Waals surface area contributed by atoms with Crippen molar-refractivity contribution in [2.24, 2.45) is 0 Å². The second-order valence-electron chi connectivity index (χ2n) is 5.09. The van der Waals surface area contributed by atoms with Crippen molar-refractivity contribution in [2.75, 3.05) is 13.2 Å². The van der Waals surface area contributed by atoms with Gasteiger partial charge < -0.3 is 9.64 Å². The lowest BCUT2D eigenvalue weighted by atomic mass is 10.1. The Labute approximate surface area is 121 Å². The lowest BCUT2D eigenvalue weighted by Crippen LogP contribution is -2.51. The van der Waals surface area contributed by atoms with Gasteiger partial charge in [0, 0.05) is 18.2 Å². The van der Waals surface area contributed by atoms with Crippen LogP contribution in [-0.2, 0) is 4.74 Å². The fraction of sp³-hybridized carbons (Fsp3) is 0.500. The van der Waals surface area contributed by atoms with E-state index in [2.05, 4.69) is 0 Å². The highest BCUT2D eigenvalue weighted by molar-refractivity contribution is 5.95. The number of amides is 1. The first-order valence-corrected chi connectivity index (χ1v) is 6.80. The molecule has 0 aliphatic carbocycles. The number of carbonyl (C=O) groups excluding carboxylic acids is 1. The first-order chi connectivity index (χ1) is 9.93. The average molecular weight is 296 g/mol. The molecule has 1 aromatic carbocycles. The van der Waals surface area contributed by atoms with Gasteiger partial charge in [-0.25, -0.2) is 0 Å². The molecule has 0 radical (unpaired) electrons. The van der Waals surface area contributed by atoms with Crippen molar-refractivity contribution >= 4 is 11.6 Å². The number of benzene rings is 1. The third-order valence-corrected chi connectivity index (χ3v) is 3.59. The van der Waals surface area contributed by atoms with Crippen LogP contribution < -0.4 is 0 Å². The lowest BCUT2D eigenvalue weighted by molar-refractivity contribution is -0.387. The number of ether oxygens (including phenoxy) is 1. The van der Waals surface area contributed by atoms with E-state index in [4.69, 9.17) is 4.74 Å². The zero-order valence-corrected chi connectivity index (χ0v) is 11.9. The van der Waals surface area contributed by atoms with Gasteiger partial charge in [0.2, 0.25) is 5.82 Å². The maximum atomic E-state index is 13.3. The molecule has 0 N–H and O–H groups in total. The van der Waals surface area contributed by atoms with Crippen LogP contribution in [0.1, 0.15) is 30.6 Å². The lowest BCUT2D eigenvalue weighted by Gasteiger charge is -2.38. The van der Waals surface area contributed by atoms with Crippen molar-refractivity contribution in [3.05, 3.63) is 39.7 Å². The normalized spacial score (nSPS) is 22.1. The van der Waals surface area contributed by atoms with Gasteiger partial charge in [0.15, 0.2) is 0 Å². The maximum absolute atomic E-state index is 13.3. The number of halogens is 1. The third kappa shape index (κ3) is 3.18. The average Bonchev–Trinajstić information content (AvgIpc) is 2.46. The molecule has 1 aliphatic rings. The summed E-state index contributed by atoms with van der Waals surface area (Å²) in [5.74, 6) is -1.28. The minimum absolute atomic E-state index is 0.0715. The van der Waals surface area contributed by atoms with Gasteiger partial charge in [0.1, 0.15) is 0 Å². The minimum atomic E-state index is -0.945. The molecule has 0 saturated carbocycles. The molecule has 1 saturated heterocycles. The van der Waals surface area contributed by atoms with Crippen molar-refractivity contribution in [2.45, 2.75) is 32.4 Å². The molecule has 1 amide bonds. The van der Waals surface area contributed by atoms with Crippen molar-refractivity contribution < 1.29 is 18.8 Å². The molecule has 2 atom stereocenters. The van der Waals surface area contributed by atoms with Crippen LogP contribution in [0.4, 0.5) is 10.1 Å². The Morgan fingerprint density at radius 2 is 2.29 bits per heavy atom. The van der Waals surface area contributed by atoms with Gasteiger partial charge in [-0.15, -0.1) is 0 Å². The van der Waals surface area contributed by atoms with E-state index in [1.807, 2.05) is 13.8 Å². The number of nitro groups is 1. The largest absolute Gasteiger partial charge is 0.375 e. The Bertz CT molecular complexity index is 564. The fourth-order valence-corrected chi connectivity index (χ4v) is 2.38. The minimum Gasteiger partial charge on any atom is -0.375 e. The topological polar surface area (TPSA) is 72.7 Å². The first kappa shape index (κ1) is 15.4. The van der Waals surface area contributed by atoms with E-state index in [-0.39, 0.29) is 23.6 Å². The summed E-state index contributed by atoms with van der Waals surface area (Å²) in [5, 5.41) is 10.8. The van der Waals surface area contributed by atoms with E-state index < -0.39 is 16.4 Å². The fourth-order valence-electron chi connectivity index (χ4n) is 2.38. The molecule has 1 aliphatic heterocycles. The summed E-state index contributed by atoms with van der Waals surface area (Å²) >= 11 is 0. The first-order valence-electron chi connectivity index (χ1n) is 6.80. The number of rotatable bonds is 3. The highest BCUT2D eigenvalue weighted by Gasteiger charge is 2.31. The molecular weight excluding hydrogens is 279 g/mol. The predicted molar refractivity (Wildman–Crippen MR) is 73.6 cm³/mol. The molecule has 7 heteroatoms. The molecule has 0 bridgehead atoms. The van der Waals surface area contributed by atoms with Crippen LogP contribution in [0, 0.1) is 15.9 Å². The number of hydrogen-bond acceptors (Lipinski definition) is 4. The second-order valence-corrected chi connectivity index (χ2v) is 5.09. The number of nitro benzene ring substituents is 1. The van der Waals surface area contributed by atoms with Gasteiger partial charge >= 0.3 is 5.69 Å². The van der Waals surface area contributed by atoms with Crippen LogP contribution in [0.25, 0.3) is 0 Å². The summed E-state index contributed by atoms with van der Waals surface area (Å²) in [6.45, 7) is 4.66. The molecule has 1 fully saturated rings. The van der Waals surface area contributed by atoms with Crippen LogP contribution in [0.5, 0.6) is 0 Å². The highest BCUT2D eigenvalue weighted by atomic mass is 19.1. The molecule has 1 heterocycles. The molecule has 114 valence electrons. The Kier molecular flexibility index (Phi) is 4.52. The van der Waals surface area contributed by atoms with Gasteiger partial charge in [-0.2, -0.15) is 4.39 Å². The van der Waals surface area contributed by atoms with E-state index in [0.717, 1.165) is 18.6 Å². The highest BCUT2D eigenvalue weighted by Crippen LogP contribution is 2.22. The van der Waals surface area contributed by atoms with Gasteiger partial charge in [-0.05, 0) is 25.5 Å². The molecular formula is C14H17FN2O4. The molecule has 1 aromatic rings. The van der Waals surface area contributed by atoms with Crippen LogP contribution in [0.15, 0.2) is 18.2 Å². The van der Waals surface area contributed by atoms with Crippen LogP contribution in [-0.4, -0.2) is 41.0 Å². The Hall–Kier alpha value is -2.02. The standard InChI is InChI=1S/C14H17FN2O4/c1-3-11-8-21-9(2)7-16(11)14(18)10-4-5-12(15)13(6-10)17(19)20/h4-6,9,11H,3,7-8H2,1-2H3. The van der Waals surface area contributed by atoms with Crippen LogP contribution in [0.2, 0.25) is 0 Å². The molecule has 6 nitrogen and oxygen atoms in total. The zero-order chi connectivity index (χ0) is 15.6. The van der Waals surface area contributed by atoms with Crippen molar-refractivity contribution in [1.29, 1.82) is 0 Å². The third-order valence-electron chi connectivity index (χ3n) is 3.59. The van der Waals surface area contributed by atoms with E-state index in [1.165, 1.54) is 6.07 Å². The van der Waals surface area contributed by atoms with Crippen molar-refractivity contribution in [3.63, 3.8) is 0 Å². The molecule has 0 spiro atoms. The van der Waals surface area contributed by atoms with E-state index in [0.29, 0.717) is 13.2 Å². The number of hydrogen-bond donors (Lipinski definition) is 0. The van der Waals surface area contributed by atoms with Crippen LogP contribution in [0.3, 0.4) is 0 Å². The van der Waals surface area contributed by atoms with Crippen LogP contribution >= 0.6 is 0 Å². The monoisotopic (exact) mass is 296 g/mol. The number of carbonyl (C=O) groups is 1. The summed E-state index contributed by atoms with van der Waals surface area (Å²) in [6, 6.07) is 3.15. The zero-order valence-electron chi connectivity index (χ0n) is 11.9. The summed E-state index contributed by atoms with van der Waals surface area (Å²) in [5.41, 5.74) is -0.564. The number of nitrogens with zero attached hydrogens (tertiary/aromatic N) is 2. The smallest absolute Gasteiger partial charge is 0.305 e. The second kappa shape index (κ2) is 6.17. The summed E-state index contributed by atoms with van der Waals surface area (Å²) in [6.07, 6.45) is 0.633. The Morgan fingerprint density at radius 1 is 1.57 bits per heavy atom. The van der Waals surface area contributed by atoms with Gasteiger partial charge in [-0.1, -0.05) is 6.92 Å². The quantitative estimate of drug-likeness (QED) is 0.634. The van der Waals surface area contributed by atoms with E-state index >= 15 is 0 Å². The van der Waals surface area contributed by atoms with E-state index in [9.17, 15) is 19.3 Å². The van der Waals surface area contributed by atoms with Gasteiger partial charge in [0.25, 0.3) is 5.91 Å². The number of morpholine rings is 1. The summed E-state index contributed by atoms with van der Waals surface area (Å²) < 4.78 is 18.9. The predicted octanol–water partition coefficient (Wildman–Crippen LogP) is 2.37. The molecule has 2 unspecified atom stereocenters. The van der Waals surface area contributed by atoms with Crippen molar-refractivity contribution in [1.82, 2.24) is 4.90 Å². The molecule has 0 aromatic heterocycles. The van der Waals surface area contributed by atoms with Gasteiger partial charge in [-0.3, -0.25) is 14.9 Å². The van der Waals surface area contributed by atoms with Gasteiger partial charge in [0.05, 0.1) is 23.7 Å². The summed E-state index contributed by atoms with van der Waals surface area (Å²) in [4.78, 5) is 24.1. The molecule has 2 rings (SSSR count). The summed E-state index contributed by atoms with van der Waals surface area (Å²) in [7, 11) is 0.